The Morgan fingerprint density at radius 3 is 2.34 bits per heavy atom. The van der Waals surface area contributed by atoms with Crippen molar-refractivity contribution in [1.82, 2.24) is 4.90 Å². The van der Waals surface area contributed by atoms with Crippen molar-refractivity contribution >= 4 is 11.6 Å². The van der Waals surface area contributed by atoms with Crippen LogP contribution in [0.5, 0.6) is 11.5 Å². The Kier molecular flexibility index (Phi) is 4.99. The summed E-state index contributed by atoms with van der Waals surface area (Å²) in [5.41, 5.74) is 5.32. The first-order valence-corrected chi connectivity index (χ1v) is 10.0. The second kappa shape index (κ2) is 7.47. The van der Waals surface area contributed by atoms with Crippen LogP contribution in [0.25, 0.3) is 0 Å². The normalized spacial score (nSPS) is 21.1. The van der Waals surface area contributed by atoms with Crippen LogP contribution in [0.3, 0.4) is 0 Å². The Labute approximate surface area is 172 Å². The van der Waals surface area contributed by atoms with Crippen molar-refractivity contribution in [3.05, 3.63) is 64.9 Å². The highest BCUT2D eigenvalue weighted by molar-refractivity contribution is 5.99. The summed E-state index contributed by atoms with van der Waals surface area (Å²) in [6.45, 7) is 4.88. The van der Waals surface area contributed by atoms with Gasteiger partial charge in [0.05, 0.1) is 14.2 Å². The highest BCUT2D eigenvalue weighted by Crippen LogP contribution is 2.48. The maximum Gasteiger partial charge on any atom is 0.252 e. The van der Waals surface area contributed by atoms with Crippen molar-refractivity contribution in [1.29, 1.82) is 0 Å². The van der Waals surface area contributed by atoms with Crippen molar-refractivity contribution in [3.63, 3.8) is 0 Å². The molecule has 2 aliphatic heterocycles. The van der Waals surface area contributed by atoms with Gasteiger partial charge in [-0.25, -0.2) is 0 Å². The lowest BCUT2D eigenvalue weighted by atomic mass is 9.81. The van der Waals surface area contributed by atoms with Crippen LogP contribution in [0.4, 0.5) is 5.69 Å². The minimum absolute atomic E-state index is 0.00530. The highest BCUT2D eigenvalue weighted by Gasteiger charge is 2.40. The van der Waals surface area contributed by atoms with Gasteiger partial charge in [0.1, 0.15) is 0 Å². The number of hydrogen-bond acceptors (Lipinski definition) is 4. The highest BCUT2D eigenvalue weighted by atomic mass is 16.5. The van der Waals surface area contributed by atoms with Gasteiger partial charge in [0.2, 0.25) is 0 Å². The van der Waals surface area contributed by atoms with E-state index in [1.807, 2.05) is 42.3 Å². The molecule has 2 aliphatic rings. The van der Waals surface area contributed by atoms with E-state index in [0.717, 1.165) is 34.5 Å². The van der Waals surface area contributed by atoms with Gasteiger partial charge < -0.3 is 19.3 Å². The summed E-state index contributed by atoms with van der Waals surface area (Å²) in [5, 5.41) is 0. The number of ether oxygens (including phenoxy) is 2. The van der Waals surface area contributed by atoms with E-state index in [0.29, 0.717) is 18.0 Å². The molecule has 2 aromatic rings. The molecular weight excluding hydrogens is 364 g/mol. The van der Waals surface area contributed by atoms with E-state index < -0.39 is 0 Å². The quantitative estimate of drug-likeness (QED) is 0.777. The lowest BCUT2D eigenvalue weighted by Crippen LogP contribution is -2.47. The summed E-state index contributed by atoms with van der Waals surface area (Å²) in [6.07, 6.45) is 0.836. The topological polar surface area (TPSA) is 42.0 Å². The van der Waals surface area contributed by atoms with Gasteiger partial charge in [-0.1, -0.05) is 37.3 Å². The van der Waals surface area contributed by atoms with E-state index in [4.69, 9.17) is 9.47 Å². The molecule has 0 fully saturated rings. The first-order chi connectivity index (χ1) is 14.0. The minimum Gasteiger partial charge on any atom is -0.493 e. The molecule has 4 rings (SSSR count). The zero-order chi connectivity index (χ0) is 20.7. The van der Waals surface area contributed by atoms with Crippen LogP contribution in [0.15, 0.2) is 53.7 Å². The molecule has 0 unspecified atom stereocenters. The van der Waals surface area contributed by atoms with Crippen LogP contribution < -0.4 is 14.4 Å². The van der Waals surface area contributed by atoms with Gasteiger partial charge in [-0.05, 0) is 24.1 Å². The number of carbonyl (C=O) groups excluding carboxylic acids is 1. The largest absolute Gasteiger partial charge is 0.493 e. The van der Waals surface area contributed by atoms with Gasteiger partial charge in [-0.2, -0.15) is 0 Å². The van der Waals surface area contributed by atoms with Crippen LogP contribution in [0.2, 0.25) is 0 Å². The number of amides is 1. The summed E-state index contributed by atoms with van der Waals surface area (Å²) in [4.78, 5) is 17.8. The first kappa shape index (κ1) is 19.4. The average molecular weight is 392 g/mol. The number of fused-ring (bicyclic) bond motifs is 1. The SMILES string of the molecule is COc1cc2c(cc1OC)N(C)C1=C(C(=O)N(Cc3ccccc3)[C@@H](C)C1)[C@@H]2C. The van der Waals surface area contributed by atoms with Crippen LogP contribution in [0.1, 0.15) is 37.3 Å². The number of anilines is 1. The maximum atomic E-state index is 13.6. The Morgan fingerprint density at radius 1 is 1.03 bits per heavy atom. The summed E-state index contributed by atoms with van der Waals surface area (Å²) >= 11 is 0. The summed E-state index contributed by atoms with van der Waals surface area (Å²) < 4.78 is 11.0. The zero-order valence-electron chi connectivity index (χ0n) is 17.7. The Morgan fingerprint density at radius 2 is 1.69 bits per heavy atom. The van der Waals surface area contributed by atoms with Crippen LogP contribution >= 0.6 is 0 Å². The van der Waals surface area contributed by atoms with Crippen molar-refractivity contribution in [2.45, 2.75) is 38.8 Å². The van der Waals surface area contributed by atoms with Gasteiger partial charge in [-0.15, -0.1) is 0 Å². The first-order valence-electron chi connectivity index (χ1n) is 10.0. The fourth-order valence-electron chi connectivity index (χ4n) is 4.56. The summed E-state index contributed by atoms with van der Waals surface area (Å²) in [6, 6.07) is 14.4. The molecule has 2 heterocycles. The molecule has 152 valence electrons. The Bertz CT molecular complexity index is 968. The third-order valence-electron chi connectivity index (χ3n) is 6.22. The van der Waals surface area contributed by atoms with Gasteiger partial charge in [0.25, 0.3) is 5.91 Å². The molecular formula is C24H28N2O3. The number of nitrogens with zero attached hydrogens (tertiary/aromatic N) is 2. The lowest BCUT2D eigenvalue weighted by Gasteiger charge is -2.44. The molecule has 29 heavy (non-hydrogen) atoms. The third kappa shape index (κ3) is 3.15. The van der Waals surface area contributed by atoms with Crippen molar-refractivity contribution in [2.24, 2.45) is 0 Å². The van der Waals surface area contributed by atoms with E-state index in [9.17, 15) is 4.79 Å². The monoisotopic (exact) mass is 392 g/mol. The molecule has 0 radical (unpaired) electrons. The lowest BCUT2D eigenvalue weighted by molar-refractivity contribution is -0.131. The molecule has 1 amide bonds. The molecule has 2 aromatic carbocycles. The molecule has 2 atom stereocenters. The molecule has 0 bridgehead atoms. The molecule has 0 saturated heterocycles. The number of hydrogen-bond donors (Lipinski definition) is 0. The summed E-state index contributed by atoms with van der Waals surface area (Å²) in [7, 11) is 5.33. The second-order valence-corrected chi connectivity index (χ2v) is 7.88. The molecule has 5 nitrogen and oxygen atoms in total. The van der Waals surface area contributed by atoms with E-state index in [1.165, 1.54) is 0 Å². The summed E-state index contributed by atoms with van der Waals surface area (Å²) in [5.74, 6) is 1.51. The van der Waals surface area contributed by atoms with Gasteiger partial charge >= 0.3 is 0 Å². The van der Waals surface area contributed by atoms with Gasteiger partial charge in [-0.3, -0.25) is 4.79 Å². The van der Waals surface area contributed by atoms with Crippen molar-refractivity contribution < 1.29 is 14.3 Å². The third-order valence-corrected chi connectivity index (χ3v) is 6.22. The Hall–Kier alpha value is -2.95. The molecule has 0 spiro atoms. The number of rotatable bonds is 4. The van der Waals surface area contributed by atoms with Crippen LogP contribution in [-0.4, -0.2) is 38.1 Å². The minimum atomic E-state index is -0.00530. The van der Waals surface area contributed by atoms with Gasteiger partial charge in [0, 0.05) is 55.0 Å². The average Bonchev–Trinajstić information content (AvgIpc) is 2.74. The Balaban J connectivity index is 1.74. The molecule has 5 heteroatoms. The van der Waals surface area contributed by atoms with Crippen molar-refractivity contribution in [3.8, 4) is 11.5 Å². The number of benzene rings is 2. The van der Waals surface area contributed by atoms with E-state index in [2.05, 4.69) is 30.9 Å². The fraction of sp³-hybridized carbons (Fsp3) is 0.375. The number of carbonyl (C=O) groups is 1. The maximum absolute atomic E-state index is 13.6. The van der Waals surface area contributed by atoms with E-state index >= 15 is 0 Å². The zero-order valence-corrected chi connectivity index (χ0v) is 17.7. The predicted molar refractivity (Wildman–Crippen MR) is 114 cm³/mol. The van der Waals surface area contributed by atoms with Crippen LogP contribution in [0, 0.1) is 0 Å². The fourth-order valence-corrected chi connectivity index (χ4v) is 4.56. The van der Waals surface area contributed by atoms with E-state index in [-0.39, 0.29) is 17.9 Å². The smallest absolute Gasteiger partial charge is 0.252 e. The molecule has 0 saturated carbocycles. The predicted octanol–water partition coefficient (Wildman–Crippen LogP) is 4.33. The van der Waals surface area contributed by atoms with Crippen molar-refractivity contribution in [2.75, 3.05) is 26.2 Å². The molecule has 0 aliphatic carbocycles. The van der Waals surface area contributed by atoms with Crippen LogP contribution in [-0.2, 0) is 11.3 Å². The van der Waals surface area contributed by atoms with Gasteiger partial charge in [0.15, 0.2) is 11.5 Å². The molecule has 0 N–H and O–H groups in total. The molecule has 0 aromatic heterocycles. The van der Waals surface area contributed by atoms with E-state index in [1.54, 1.807) is 14.2 Å². The second-order valence-electron chi connectivity index (χ2n) is 7.88. The number of methoxy groups -OCH3 is 2. The standard InChI is InChI=1S/C24H28N2O3/c1-15-11-20-23(24(27)26(15)14-17-9-7-6-8-10-17)16(2)18-12-21(28-4)22(29-5)13-19(18)25(20)3/h6-10,12-13,15-16H,11,14H2,1-5H3/t15-,16+/m0/s1.